The zero-order valence-electron chi connectivity index (χ0n) is 9.69. The maximum atomic E-state index is 6.20. The second-order valence-corrected chi connectivity index (χ2v) is 5.24. The molecule has 1 radical (unpaired) electrons. The zero-order chi connectivity index (χ0) is 11.9. The van der Waals surface area contributed by atoms with Crippen molar-refractivity contribution in [2.45, 2.75) is 43.7 Å². The average Bonchev–Trinajstić information content (AvgIpc) is 2.88. The molecule has 1 saturated heterocycles. The highest BCUT2D eigenvalue weighted by Gasteiger charge is 2.48. The molecule has 1 aromatic carbocycles. The highest BCUT2D eigenvalue weighted by molar-refractivity contribution is 6.31. The summed E-state index contributed by atoms with van der Waals surface area (Å²) in [6, 6.07) is 7.76. The van der Waals surface area contributed by atoms with Gasteiger partial charge in [-0.3, -0.25) is 0 Å². The fraction of sp³-hybridized carbons (Fsp3) is 0.500. The summed E-state index contributed by atoms with van der Waals surface area (Å²) < 4.78 is 12.1. The molecule has 0 aromatic heterocycles. The van der Waals surface area contributed by atoms with Gasteiger partial charge in [-0.2, -0.15) is 0 Å². The molecule has 1 aliphatic heterocycles. The van der Waals surface area contributed by atoms with Crippen molar-refractivity contribution < 1.29 is 9.47 Å². The molecule has 17 heavy (non-hydrogen) atoms. The number of ether oxygens (including phenoxy) is 2. The van der Waals surface area contributed by atoms with Gasteiger partial charge in [0.25, 0.3) is 0 Å². The standard InChI is InChI=1S/C14H16ClO2/c1-10-13(11-6-2-3-7-12(11)15)17-14(16-10)8-4-5-9-14/h2-3,6-7,10,13H,1,4-5,8-9H2. The summed E-state index contributed by atoms with van der Waals surface area (Å²) in [6.07, 6.45) is 3.97. The Bertz CT molecular complexity index is 412. The van der Waals surface area contributed by atoms with Gasteiger partial charge in [0.2, 0.25) is 0 Å². The molecule has 2 nitrogen and oxygen atoms in total. The van der Waals surface area contributed by atoms with Crippen molar-refractivity contribution in [2.75, 3.05) is 0 Å². The molecule has 1 aliphatic carbocycles. The van der Waals surface area contributed by atoms with E-state index in [0.29, 0.717) is 0 Å². The maximum absolute atomic E-state index is 6.20. The Morgan fingerprint density at radius 1 is 1.18 bits per heavy atom. The van der Waals surface area contributed by atoms with Crippen LogP contribution in [-0.4, -0.2) is 11.9 Å². The lowest BCUT2D eigenvalue weighted by atomic mass is 10.1. The molecule has 2 aliphatic rings. The Balaban J connectivity index is 1.87. The molecule has 3 rings (SSSR count). The lowest BCUT2D eigenvalue weighted by molar-refractivity contribution is -0.167. The molecule has 1 heterocycles. The average molecular weight is 252 g/mol. The topological polar surface area (TPSA) is 18.5 Å². The van der Waals surface area contributed by atoms with Gasteiger partial charge in [-0.1, -0.05) is 29.8 Å². The van der Waals surface area contributed by atoms with Gasteiger partial charge >= 0.3 is 0 Å². The van der Waals surface area contributed by atoms with Gasteiger partial charge in [0.05, 0.1) is 6.10 Å². The van der Waals surface area contributed by atoms with Crippen LogP contribution in [0.15, 0.2) is 24.3 Å². The third kappa shape index (κ3) is 1.99. The van der Waals surface area contributed by atoms with Crippen LogP contribution in [0.3, 0.4) is 0 Å². The van der Waals surface area contributed by atoms with Gasteiger partial charge in [-0.15, -0.1) is 0 Å². The van der Waals surface area contributed by atoms with Gasteiger partial charge in [-0.05, 0) is 25.8 Å². The van der Waals surface area contributed by atoms with Gasteiger partial charge in [-0.25, -0.2) is 0 Å². The normalized spacial score (nSPS) is 31.2. The van der Waals surface area contributed by atoms with Crippen LogP contribution in [0.1, 0.15) is 37.4 Å². The molecular formula is C14H16ClO2. The van der Waals surface area contributed by atoms with Gasteiger partial charge in [0, 0.05) is 23.4 Å². The molecule has 2 unspecified atom stereocenters. The van der Waals surface area contributed by atoms with Crippen LogP contribution in [0.4, 0.5) is 0 Å². The van der Waals surface area contributed by atoms with E-state index >= 15 is 0 Å². The van der Waals surface area contributed by atoms with E-state index < -0.39 is 5.79 Å². The smallest absolute Gasteiger partial charge is 0.169 e. The highest BCUT2D eigenvalue weighted by atomic mass is 35.5. The van der Waals surface area contributed by atoms with Gasteiger partial charge in [0.15, 0.2) is 5.79 Å². The number of benzene rings is 1. The minimum absolute atomic E-state index is 0.137. The lowest BCUT2D eigenvalue weighted by Crippen LogP contribution is -2.26. The first-order valence-corrected chi connectivity index (χ1v) is 6.51. The predicted octanol–water partition coefficient (Wildman–Crippen LogP) is 3.90. The van der Waals surface area contributed by atoms with E-state index in [0.717, 1.165) is 23.4 Å². The molecule has 0 amide bonds. The summed E-state index contributed by atoms with van der Waals surface area (Å²) in [7, 11) is 0. The number of hydrogen-bond acceptors (Lipinski definition) is 2. The molecule has 2 fully saturated rings. The van der Waals surface area contributed by atoms with Crippen LogP contribution in [0.5, 0.6) is 0 Å². The van der Waals surface area contributed by atoms with Crippen LogP contribution < -0.4 is 0 Å². The Morgan fingerprint density at radius 3 is 2.59 bits per heavy atom. The van der Waals surface area contributed by atoms with Crippen molar-refractivity contribution in [3.05, 3.63) is 41.8 Å². The minimum Gasteiger partial charge on any atom is -0.344 e. The summed E-state index contributed by atoms with van der Waals surface area (Å²) >= 11 is 6.20. The molecule has 3 heteroatoms. The van der Waals surface area contributed by atoms with E-state index in [9.17, 15) is 0 Å². The van der Waals surface area contributed by atoms with E-state index in [4.69, 9.17) is 21.1 Å². The van der Waals surface area contributed by atoms with Crippen molar-refractivity contribution in [2.24, 2.45) is 0 Å². The Kier molecular flexibility index (Phi) is 2.89. The quantitative estimate of drug-likeness (QED) is 0.754. The molecular weight excluding hydrogens is 236 g/mol. The summed E-state index contributed by atoms with van der Waals surface area (Å²) in [6.45, 7) is 4.05. The molecule has 2 atom stereocenters. The molecule has 91 valence electrons. The fourth-order valence-corrected chi connectivity index (χ4v) is 3.03. The zero-order valence-corrected chi connectivity index (χ0v) is 10.5. The maximum Gasteiger partial charge on any atom is 0.169 e. The first kappa shape index (κ1) is 11.5. The minimum atomic E-state index is -0.393. The Morgan fingerprint density at radius 2 is 1.88 bits per heavy atom. The predicted molar refractivity (Wildman–Crippen MR) is 66.7 cm³/mol. The number of hydrogen-bond donors (Lipinski definition) is 0. The largest absolute Gasteiger partial charge is 0.344 e. The van der Waals surface area contributed by atoms with E-state index in [1.807, 2.05) is 24.3 Å². The van der Waals surface area contributed by atoms with E-state index in [-0.39, 0.29) is 12.2 Å². The van der Waals surface area contributed by atoms with Gasteiger partial charge in [0.1, 0.15) is 6.10 Å². The van der Waals surface area contributed by atoms with E-state index in [2.05, 4.69) is 6.92 Å². The lowest BCUT2D eigenvalue weighted by Gasteiger charge is -2.22. The van der Waals surface area contributed by atoms with Crippen molar-refractivity contribution in [3.8, 4) is 0 Å². The first-order valence-electron chi connectivity index (χ1n) is 6.13. The Hall–Kier alpha value is -0.570. The summed E-state index contributed by atoms with van der Waals surface area (Å²) in [5.74, 6) is -0.393. The van der Waals surface area contributed by atoms with Crippen molar-refractivity contribution >= 4 is 11.6 Å². The molecule has 0 bridgehead atoms. The Labute approximate surface area is 107 Å². The summed E-state index contributed by atoms with van der Waals surface area (Å²) in [4.78, 5) is 0. The van der Waals surface area contributed by atoms with E-state index in [1.54, 1.807) is 0 Å². The molecule has 0 N–H and O–H groups in total. The van der Waals surface area contributed by atoms with Crippen LogP contribution in [0.2, 0.25) is 5.02 Å². The fourth-order valence-electron chi connectivity index (χ4n) is 2.79. The second kappa shape index (κ2) is 4.27. The highest BCUT2D eigenvalue weighted by Crippen LogP contribution is 2.47. The molecule has 1 spiro atoms. The van der Waals surface area contributed by atoms with Crippen molar-refractivity contribution in [1.29, 1.82) is 0 Å². The number of rotatable bonds is 1. The van der Waals surface area contributed by atoms with Gasteiger partial charge < -0.3 is 9.47 Å². The third-order valence-corrected chi connectivity index (χ3v) is 3.97. The third-order valence-electron chi connectivity index (χ3n) is 3.62. The first-order chi connectivity index (χ1) is 8.20. The summed E-state index contributed by atoms with van der Waals surface area (Å²) in [5.41, 5.74) is 0.984. The van der Waals surface area contributed by atoms with E-state index in [1.165, 1.54) is 12.8 Å². The monoisotopic (exact) mass is 251 g/mol. The van der Waals surface area contributed by atoms with Crippen molar-refractivity contribution in [1.82, 2.24) is 0 Å². The number of halogens is 1. The van der Waals surface area contributed by atoms with Crippen LogP contribution in [-0.2, 0) is 9.47 Å². The van der Waals surface area contributed by atoms with Crippen LogP contribution >= 0.6 is 11.6 Å². The SMILES string of the molecule is [CH2]C1OC2(CCCC2)OC1c1ccccc1Cl. The van der Waals surface area contributed by atoms with Crippen LogP contribution in [0, 0.1) is 6.92 Å². The van der Waals surface area contributed by atoms with Crippen molar-refractivity contribution in [3.63, 3.8) is 0 Å². The summed E-state index contributed by atoms with van der Waals surface area (Å²) in [5, 5.41) is 0.727. The van der Waals surface area contributed by atoms with Crippen LogP contribution in [0.25, 0.3) is 0 Å². The molecule has 1 aromatic rings. The molecule has 1 saturated carbocycles. The second-order valence-electron chi connectivity index (χ2n) is 4.83.